The molecule has 8 heteroatoms. The predicted molar refractivity (Wildman–Crippen MR) is 84.8 cm³/mol. The Morgan fingerprint density at radius 2 is 2.24 bits per heavy atom. The van der Waals surface area contributed by atoms with Gasteiger partial charge in [0.2, 0.25) is 5.95 Å². The van der Waals surface area contributed by atoms with Crippen LogP contribution in [0.4, 0.5) is 5.95 Å². The van der Waals surface area contributed by atoms with Crippen LogP contribution in [-0.4, -0.2) is 19.6 Å². The number of anilines is 1. The van der Waals surface area contributed by atoms with Gasteiger partial charge in [0.05, 0.1) is 5.69 Å². The van der Waals surface area contributed by atoms with Crippen molar-refractivity contribution in [3.63, 3.8) is 0 Å². The molecule has 0 aliphatic carbocycles. The van der Waals surface area contributed by atoms with E-state index in [0.29, 0.717) is 24.0 Å². The minimum atomic E-state index is -0.359. The van der Waals surface area contributed by atoms with Gasteiger partial charge >= 0.3 is 0 Å². The van der Waals surface area contributed by atoms with E-state index in [1.54, 1.807) is 6.92 Å². The summed E-state index contributed by atoms with van der Waals surface area (Å²) < 4.78 is 2.23. The van der Waals surface area contributed by atoms with E-state index in [-0.39, 0.29) is 10.6 Å². The van der Waals surface area contributed by atoms with Gasteiger partial charge in [-0.05, 0) is 24.6 Å². The molecule has 0 bridgehead atoms. The first kappa shape index (κ1) is 14.1. The Hall–Kier alpha value is -1.86. The fraction of sp³-hybridized carbons (Fsp3) is 0.154. The average Bonchev–Trinajstić information content (AvgIpc) is 2.86. The first-order chi connectivity index (χ1) is 10.0. The van der Waals surface area contributed by atoms with Crippen molar-refractivity contribution in [2.24, 2.45) is 0 Å². The molecule has 0 saturated heterocycles. The molecule has 2 aromatic heterocycles. The van der Waals surface area contributed by atoms with E-state index in [1.165, 1.54) is 4.52 Å². The molecule has 2 N–H and O–H groups in total. The molecule has 1 aromatic carbocycles. The van der Waals surface area contributed by atoms with Crippen molar-refractivity contribution in [2.45, 2.75) is 13.5 Å². The molecule has 0 aliphatic heterocycles. The van der Waals surface area contributed by atoms with Crippen LogP contribution in [0, 0.1) is 6.92 Å². The van der Waals surface area contributed by atoms with Crippen molar-refractivity contribution in [1.82, 2.24) is 19.6 Å². The molecule has 2 heterocycles. The predicted octanol–water partition coefficient (Wildman–Crippen LogP) is 2.75. The minimum absolute atomic E-state index is 0.0923. The van der Waals surface area contributed by atoms with Crippen molar-refractivity contribution in [2.75, 3.05) is 5.32 Å². The van der Waals surface area contributed by atoms with Gasteiger partial charge in [0.25, 0.3) is 11.3 Å². The van der Waals surface area contributed by atoms with E-state index in [1.807, 2.05) is 24.3 Å². The van der Waals surface area contributed by atoms with Crippen LogP contribution in [-0.2, 0) is 6.54 Å². The minimum Gasteiger partial charge on any atom is -0.351 e. The lowest BCUT2D eigenvalue weighted by Crippen LogP contribution is -2.17. The molecule has 3 rings (SSSR count). The second-order valence-electron chi connectivity index (χ2n) is 4.51. The first-order valence-corrected chi connectivity index (χ1v) is 7.35. The van der Waals surface area contributed by atoms with Crippen LogP contribution >= 0.6 is 27.5 Å². The highest BCUT2D eigenvalue weighted by Crippen LogP contribution is 2.13. The standard InChI is InChI=1S/C13H11BrClN5O/c1-7-10(15)11(21)20-13(17-7)18-12(19-20)16-6-8-3-2-4-9(14)5-8/h2-5H,6H2,1H3,(H2,16,17,18,19). The van der Waals surface area contributed by atoms with Crippen molar-refractivity contribution in [3.05, 3.63) is 55.4 Å². The number of rotatable bonds is 3. The zero-order valence-electron chi connectivity index (χ0n) is 11.0. The molecule has 0 spiro atoms. The number of nitrogens with zero attached hydrogens (tertiary/aromatic N) is 3. The summed E-state index contributed by atoms with van der Waals surface area (Å²) in [5.74, 6) is 0.750. The Bertz CT molecular complexity index is 873. The second-order valence-corrected chi connectivity index (χ2v) is 5.80. The summed E-state index contributed by atoms with van der Waals surface area (Å²) in [6.07, 6.45) is 0. The SMILES string of the molecule is Cc1nc2nc(NCc3cccc(Br)c3)[nH]n2c(=O)c1Cl. The van der Waals surface area contributed by atoms with Gasteiger partial charge in [0, 0.05) is 11.0 Å². The summed E-state index contributed by atoms with van der Waals surface area (Å²) in [6, 6.07) is 7.90. The number of aromatic nitrogens is 4. The number of fused-ring (bicyclic) bond motifs is 1. The van der Waals surface area contributed by atoms with E-state index in [0.717, 1.165) is 10.0 Å². The summed E-state index contributed by atoms with van der Waals surface area (Å²) in [4.78, 5) is 20.4. The number of hydrogen-bond acceptors (Lipinski definition) is 4. The highest BCUT2D eigenvalue weighted by atomic mass is 79.9. The Kier molecular flexibility index (Phi) is 3.69. The zero-order valence-corrected chi connectivity index (χ0v) is 13.4. The Morgan fingerprint density at radius 1 is 1.43 bits per heavy atom. The highest BCUT2D eigenvalue weighted by molar-refractivity contribution is 9.10. The summed E-state index contributed by atoms with van der Waals surface area (Å²) in [6.45, 7) is 2.24. The first-order valence-electron chi connectivity index (χ1n) is 6.18. The highest BCUT2D eigenvalue weighted by Gasteiger charge is 2.11. The third-order valence-corrected chi connectivity index (χ3v) is 3.88. The fourth-order valence-corrected chi connectivity index (χ4v) is 2.48. The van der Waals surface area contributed by atoms with Crippen LogP contribution in [0.1, 0.15) is 11.3 Å². The van der Waals surface area contributed by atoms with Gasteiger partial charge in [-0.3, -0.25) is 9.89 Å². The molecule has 108 valence electrons. The molecule has 0 aliphatic rings. The fourth-order valence-electron chi connectivity index (χ4n) is 1.91. The summed E-state index contributed by atoms with van der Waals surface area (Å²) in [5.41, 5.74) is 1.19. The number of aromatic amines is 1. The third-order valence-electron chi connectivity index (χ3n) is 2.95. The van der Waals surface area contributed by atoms with Crippen LogP contribution < -0.4 is 10.9 Å². The van der Waals surface area contributed by atoms with E-state index < -0.39 is 0 Å². The van der Waals surface area contributed by atoms with E-state index in [2.05, 4.69) is 36.3 Å². The van der Waals surface area contributed by atoms with Crippen LogP contribution in [0.3, 0.4) is 0 Å². The van der Waals surface area contributed by atoms with Gasteiger partial charge in [-0.15, -0.1) is 0 Å². The number of benzene rings is 1. The largest absolute Gasteiger partial charge is 0.351 e. The maximum atomic E-state index is 12.0. The lowest BCUT2D eigenvalue weighted by Gasteiger charge is -2.02. The van der Waals surface area contributed by atoms with E-state index in [4.69, 9.17) is 11.6 Å². The second kappa shape index (κ2) is 5.50. The molecule has 0 radical (unpaired) electrons. The Balaban J connectivity index is 1.88. The molecule has 0 amide bonds. The van der Waals surface area contributed by atoms with Crippen molar-refractivity contribution in [1.29, 1.82) is 0 Å². The number of halogens is 2. The number of nitrogens with one attached hydrogen (secondary N) is 2. The molecule has 0 unspecified atom stereocenters. The van der Waals surface area contributed by atoms with Gasteiger partial charge in [0.15, 0.2) is 0 Å². The molecule has 0 saturated carbocycles. The Morgan fingerprint density at radius 3 is 3.00 bits per heavy atom. The van der Waals surface area contributed by atoms with Crippen molar-refractivity contribution < 1.29 is 0 Å². The quantitative estimate of drug-likeness (QED) is 0.745. The summed E-state index contributed by atoms with van der Waals surface area (Å²) >= 11 is 9.31. The molecule has 21 heavy (non-hydrogen) atoms. The van der Waals surface area contributed by atoms with Crippen LogP contribution in [0.2, 0.25) is 5.02 Å². The average molecular weight is 369 g/mol. The number of aryl methyl sites for hydroxylation is 1. The maximum Gasteiger partial charge on any atom is 0.293 e. The Labute approximate surface area is 133 Å². The smallest absolute Gasteiger partial charge is 0.293 e. The van der Waals surface area contributed by atoms with Crippen LogP contribution in [0.25, 0.3) is 5.78 Å². The van der Waals surface area contributed by atoms with Crippen molar-refractivity contribution in [3.8, 4) is 0 Å². The lowest BCUT2D eigenvalue weighted by molar-refractivity contribution is 0.886. The molecule has 0 fully saturated rings. The molecule has 0 atom stereocenters. The van der Waals surface area contributed by atoms with E-state index >= 15 is 0 Å². The zero-order chi connectivity index (χ0) is 15.0. The summed E-state index contributed by atoms with van der Waals surface area (Å²) in [7, 11) is 0. The van der Waals surface area contributed by atoms with Gasteiger partial charge in [-0.1, -0.05) is 39.7 Å². The third kappa shape index (κ3) is 2.79. The molecule has 3 aromatic rings. The van der Waals surface area contributed by atoms with Crippen LogP contribution in [0.15, 0.2) is 33.5 Å². The van der Waals surface area contributed by atoms with Gasteiger partial charge in [-0.25, -0.2) is 4.98 Å². The summed E-state index contributed by atoms with van der Waals surface area (Å²) in [5, 5.41) is 6.05. The topological polar surface area (TPSA) is 75.1 Å². The van der Waals surface area contributed by atoms with Crippen molar-refractivity contribution >= 4 is 39.3 Å². The van der Waals surface area contributed by atoms with Gasteiger partial charge < -0.3 is 5.32 Å². The molecular weight excluding hydrogens is 358 g/mol. The monoisotopic (exact) mass is 367 g/mol. The van der Waals surface area contributed by atoms with E-state index in [9.17, 15) is 4.79 Å². The van der Waals surface area contributed by atoms with Gasteiger partial charge in [0.1, 0.15) is 5.02 Å². The molecule has 6 nitrogen and oxygen atoms in total. The number of H-pyrrole nitrogens is 1. The molecular formula is C13H11BrClN5O. The van der Waals surface area contributed by atoms with Gasteiger partial charge in [-0.2, -0.15) is 9.50 Å². The lowest BCUT2D eigenvalue weighted by atomic mass is 10.2. The normalized spacial score (nSPS) is 11.0. The van der Waals surface area contributed by atoms with Crippen LogP contribution in [0.5, 0.6) is 0 Å². The number of hydrogen-bond donors (Lipinski definition) is 2. The maximum absolute atomic E-state index is 12.0.